The molecule has 0 bridgehead atoms. The number of rotatable bonds is 5. The maximum Gasteiger partial charge on any atom is 0.194 e. The number of halogens is 1. The van der Waals surface area contributed by atoms with Gasteiger partial charge in [-0.15, -0.1) is 24.0 Å². The first-order chi connectivity index (χ1) is 11.7. The number of ether oxygens (including phenoxy) is 1. The van der Waals surface area contributed by atoms with Crippen LogP contribution in [0.1, 0.15) is 19.8 Å². The lowest BCUT2D eigenvalue weighted by Gasteiger charge is -2.29. The van der Waals surface area contributed by atoms with Crippen LogP contribution in [0.2, 0.25) is 0 Å². The van der Waals surface area contributed by atoms with Crippen LogP contribution in [0.5, 0.6) is 0 Å². The van der Waals surface area contributed by atoms with Crippen molar-refractivity contribution in [3.05, 3.63) is 0 Å². The van der Waals surface area contributed by atoms with Crippen LogP contribution < -0.4 is 5.32 Å². The van der Waals surface area contributed by atoms with E-state index < -0.39 is 5.60 Å². The number of hydrogen-bond donors (Lipinski definition) is 2. The lowest BCUT2D eigenvalue weighted by Crippen LogP contribution is -2.43. The molecular formula is C17H33IN4O2S. The van der Waals surface area contributed by atoms with E-state index in [0.717, 1.165) is 69.8 Å². The highest BCUT2D eigenvalue weighted by atomic mass is 127. The molecule has 0 aromatic carbocycles. The molecule has 3 aliphatic heterocycles. The van der Waals surface area contributed by atoms with E-state index in [9.17, 15) is 5.11 Å². The number of nitrogens with zero attached hydrogens (tertiary/aromatic N) is 3. The molecule has 25 heavy (non-hydrogen) atoms. The second-order valence-corrected chi connectivity index (χ2v) is 8.32. The fourth-order valence-corrected chi connectivity index (χ4v) is 4.98. The normalized spacial score (nSPS) is 31.2. The molecule has 0 aromatic rings. The van der Waals surface area contributed by atoms with Gasteiger partial charge in [-0.2, -0.15) is 11.8 Å². The van der Waals surface area contributed by atoms with Crippen molar-refractivity contribution in [2.45, 2.75) is 25.4 Å². The number of guanidine groups is 1. The molecule has 3 heterocycles. The van der Waals surface area contributed by atoms with Crippen molar-refractivity contribution >= 4 is 41.7 Å². The molecule has 6 nitrogen and oxygen atoms in total. The number of thioether (sulfide) groups is 1. The fraction of sp³-hybridized carbons (Fsp3) is 0.941. The number of morpholine rings is 1. The summed E-state index contributed by atoms with van der Waals surface area (Å²) >= 11 is 1.83. The minimum absolute atomic E-state index is 0. The molecule has 2 N–H and O–H groups in total. The van der Waals surface area contributed by atoms with Crippen molar-refractivity contribution in [2.75, 3.05) is 70.5 Å². The van der Waals surface area contributed by atoms with E-state index in [0.29, 0.717) is 12.5 Å². The maximum atomic E-state index is 10.5. The number of nitrogens with one attached hydrogen (secondary N) is 1. The Morgan fingerprint density at radius 3 is 2.84 bits per heavy atom. The summed E-state index contributed by atoms with van der Waals surface area (Å²) in [6, 6.07) is 0. The highest BCUT2D eigenvalue weighted by molar-refractivity contribution is 14.0. The maximum absolute atomic E-state index is 10.5. The van der Waals surface area contributed by atoms with Gasteiger partial charge in [0.2, 0.25) is 0 Å². The zero-order valence-electron chi connectivity index (χ0n) is 15.3. The highest BCUT2D eigenvalue weighted by Gasteiger charge is 2.32. The minimum atomic E-state index is -0.599. The second kappa shape index (κ2) is 10.5. The van der Waals surface area contributed by atoms with Crippen molar-refractivity contribution < 1.29 is 9.84 Å². The molecular weight excluding hydrogens is 451 g/mol. The molecule has 3 rings (SSSR count). The van der Waals surface area contributed by atoms with Crippen LogP contribution in [-0.4, -0.2) is 97.0 Å². The standard InChI is InChI=1S/C17H32N4O2S.HI/c1-2-18-16(19-13-17(22)4-10-24-14-17)21-5-3-15(12-21)11-20-6-8-23-9-7-20;/h15,22H,2-14H2,1H3,(H,18,19);1H. The summed E-state index contributed by atoms with van der Waals surface area (Å²) < 4.78 is 5.44. The van der Waals surface area contributed by atoms with Crippen LogP contribution in [0.3, 0.4) is 0 Å². The summed E-state index contributed by atoms with van der Waals surface area (Å²) in [5.41, 5.74) is -0.599. The van der Waals surface area contributed by atoms with Crippen LogP contribution in [-0.2, 0) is 4.74 Å². The summed E-state index contributed by atoms with van der Waals surface area (Å²) in [5.74, 6) is 3.55. The van der Waals surface area contributed by atoms with Gasteiger partial charge in [-0.25, -0.2) is 0 Å². The molecule has 0 aromatic heterocycles. The van der Waals surface area contributed by atoms with E-state index in [2.05, 4.69) is 22.0 Å². The van der Waals surface area contributed by atoms with Gasteiger partial charge in [-0.3, -0.25) is 9.89 Å². The number of hydrogen-bond acceptors (Lipinski definition) is 5. The number of aliphatic hydroxyl groups is 1. The van der Waals surface area contributed by atoms with Crippen molar-refractivity contribution in [1.82, 2.24) is 15.1 Å². The van der Waals surface area contributed by atoms with Crippen molar-refractivity contribution in [1.29, 1.82) is 0 Å². The predicted molar refractivity (Wildman–Crippen MR) is 115 cm³/mol. The van der Waals surface area contributed by atoms with Crippen LogP contribution >= 0.6 is 35.7 Å². The summed E-state index contributed by atoms with van der Waals surface area (Å²) in [4.78, 5) is 9.67. The van der Waals surface area contributed by atoms with Gasteiger partial charge in [0.15, 0.2) is 5.96 Å². The summed E-state index contributed by atoms with van der Waals surface area (Å²) in [5, 5.41) is 13.9. The molecule has 0 amide bonds. The summed E-state index contributed by atoms with van der Waals surface area (Å²) in [7, 11) is 0. The van der Waals surface area contributed by atoms with Gasteiger partial charge in [-0.05, 0) is 31.4 Å². The molecule has 2 atom stereocenters. The lowest BCUT2D eigenvalue weighted by atomic mass is 10.1. The Hall–Kier alpha value is 0.230. The van der Waals surface area contributed by atoms with E-state index in [4.69, 9.17) is 9.73 Å². The summed E-state index contributed by atoms with van der Waals surface area (Å²) in [6.07, 6.45) is 2.09. The molecule has 0 spiro atoms. The average molecular weight is 484 g/mol. The third-order valence-corrected chi connectivity index (χ3v) is 6.38. The van der Waals surface area contributed by atoms with Gasteiger partial charge in [0.25, 0.3) is 0 Å². The van der Waals surface area contributed by atoms with Crippen molar-refractivity contribution in [3.63, 3.8) is 0 Å². The largest absolute Gasteiger partial charge is 0.387 e. The molecule has 8 heteroatoms. The summed E-state index contributed by atoms with van der Waals surface area (Å²) in [6.45, 7) is 10.7. The predicted octanol–water partition coefficient (Wildman–Crippen LogP) is 1.09. The zero-order chi connectivity index (χ0) is 16.8. The Kier molecular flexibility index (Phi) is 9.07. The smallest absolute Gasteiger partial charge is 0.194 e. The van der Waals surface area contributed by atoms with Gasteiger partial charge in [-0.1, -0.05) is 0 Å². The Labute approximate surface area is 173 Å². The highest BCUT2D eigenvalue weighted by Crippen LogP contribution is 2.28. The van der Waals surface area contributed by atoms with E-state index in [1.807, 2.05) is 11.8 Å². The molecule has 3 fully saturated rings. The van der Waals surface area contributed by atoms with Gasteiger partial charge in [0.05, 0.1) is 25.4 Å². The van der Waals surface area contributed by atoms with E-state index in [-0.39, 0.29) is 24.0 Å². The molecule has 2 unspecified atom stereocenters. The van der Waals surface area contributed by atoms with Crippen LogP contribution in [0, 0.1) is 5.92 Å². The van der Waals surface area contributed by atoms with E-state index >= 15 is 0 Å². The van der Waals surface area contributed by atoms with Crippen molar-refractivity contribution in [2.24, 2.45) is 10.9 Å². The van der Waals surface area contributed by atoms with Crippen molar-refractivity contribution in [3.8, 4) is 0 Å². The molecule has 0 radical (unpaired) electrons. The van der Waals surface area contributed by atoms with E-state index in [1.165, 1.54) is 13.0 Å². The van der Waals surface area contributed by atoms with E-state index in [1.54, 1.807) is 0 Å². The number of likely N-dealkylation sites (tertiary alicyclic amines) is 1. The molecule has 3 aliphatic rings. The average Bonchev–Trinajstić information content (AvgIpc) is 3.22. The zero-order valence-corrected chi connectivity index (χ0v) is 18.4. The van der Waals surface area contributed by atoms with Gasteiger partial charge >= 0.3 is 0 Å². The number of aliphatic imine (C=N–C) groups is 1. The molecule has 0 saturated carbocycles. The SMILES string of the molecule is CCNC(=NCC1(O)CCSC1)N1CCC(CN2CCOCC2)C1.I. The molecule has 3 saturated heterocycles. The fourth-order valence-electron chi connectivity index (χ4n) is 3.69. The van der Waals surface area contributed by atoms with Gasteiger partial charge < -0.3 is 20.1 Å². The van der Waals surface area contributed by atoms with Gasteiger partial charge in [0.1, 0.15) is 0 Å². The Morgan fingerprint density at radius 1 is 1.36 bits per heavy atom. The van der Waals surface area contributed by atoms with Crippen LogP contribution in [0.4, 0.5) is 0 Å². The first-order valence-electron chi connectivity index (χ1n) is 9.32. The monoisotopic (exact) mass is 484 g/mol. The first kappa shape index (κ1) is 21.5. The Bertz CT molecular complexity index is 429. The molecule has 146 valence electrons. The van der Waals surface area contributed by atoms with Gasteiger partial charge in [0, 0.05) is 45.0 Å². The first-order valence-corrected chi connectivity index (χ1v) is 10.5. The minimum Gasteiger partial charge on any atom is -0.387 e. The lowest BCUT2D eigenvalue weighted by molar-refractivity contribution is 0.0315. The third-order valence-electron chi connectivity index (χ3n) is 5.15. The Morgan fingerprint density at radius 2 is 2.16 bits per heavy atom. The second-order valence-electron chi connectivity index (χ2n) is 7.21. The Balaban J connectivity index is 0.00000225. The quantitative estimate of drug-likeness (QED) is 0.346. The van der Waals surface area contributed by atoms with Crippen LogP contribution in [0.15, 0.2) is 4.99 Å². The topological polar surface area (TPSA) is 60.3 Å². The third kappa shape index (κ3) is 6.41. The van der Waals surface area contributed by atoms with Crippen LogP contribution in [0.25, 0.3) is 0 Å². The molecule has 0 aliphatic carbocycles.